The Kier molecular flexibility index (Phi) is 9.35. The molecule has 3 aromatic rings. The van der Waals surface area contributed by atoms with Crippen LogP contribution in [0.3, 0.4) is 0 Å². The number of halogens is 1. The predicted octanol–water partition coefficient (Wildman–Crippen LogP) is 4.02. The van der Waals surface area contributed by atoms with Crippen LogP contribution in [0.1, 0.15) is 12.0 Å². The molecule has 0 radical (unpaired) electrons. The van der Waals surface area contributed by atoms with Crippen molar-refractivity contribution in [3.8, 4) is 16.3 Å². The minimum atomic E-state index is -0.229. The smallest absolute Gasteiger partial charge is 0.227 e. The van der Waals surface area contributed by atoms with Gasteiger partial charge in [-0.3, -0.25) is 9.59 Å². The van der Waals surface area contributed by atoms with E-state index in [4.69, 9.17) is 9.47 Å². The standard InChI is InChI=1S/C23H25BrN4O4S/c1-31-14-13-28(21(30)15-16-3-9-19(32-2)10-4-16)12-11-20(29)25-23-27-26-22(33-23)17-5-7-18(24)8-6-17/h3-10H,11-15H2,1-2H3,(H,25,27,29). The molecule has 0 bridgehead atoms. The number of benzene rings is 2. The van der Waals surface area contributed by atoms with Crippen LogP contribution in [0.4, 0.5) is 5.13 Å². The first-order valence-corrected chi connectivity index (χ1v) is 11.9. The summed E-state index contributed by atoms with van der Waals surface area (Å²) in [6.45, 7) is 1.08. The van der Waals surface area contributed by atoms with Gasteiger partial charge in [-0.15, -0.1) is 10.2 Å². The number of rotatable bonds is 11. The topological polar surface area (TPSA) is 93.6 Å². The van der Waals surface area contributed by atoms with Crippen molar-refractivity contribution in [1.29, 1.82) is 0 Å². The van der Waals surface area contributed by atoms with E-state index >= 15 is 0 Å². The molecule has 174 valence electrons. The van der Waals surface area contributed by atoms with Crippen molar-refractivity contribution >= 4 is 44.2 Å². The molecule has 0 unspecified atom stereocenters. The van der Waals surface area contributed by atoms with Crippen molar-refractivity contribution < 1.29 is 19.1 Å². The summed E-state index contributed by atoms with van der Waals surface area (Å²) < 4.78 is 11.3. The molecule has 3 rings (SSSR count). The summed E-state index contributed by atoms with van der Waals surface area (Å²) in [4.78, 5) is 26.9. The largest absolute Gasteiger partial charge is 0.497 e. The van der Waals surface area contributed by atoms with E-state index in [2.05, 4.69) is 31.4 Å². The summed E-state index contributed by atoms with van der Waals surface area (Å²) in [6, 6.07) is 15.1. The Morgan fingerprint density at radius 3 is 2.42 bits per heavy atom. The number of carbonyl (C=O) groups is 2. The van der Waals surface area contributed by atoms with Crippen LogP contribution in [0.25, 0.3) is 10.6 Å². The van der Waals surface area contributed by atoms with Gasteiger partial charge < -0.3 is 19.7 Å². The highest BCUT2D eigenvalue weighted by Crippen LogP contribution is 2.27. The van der Waals surface area contributed by atoms with Crippen LogP contribution >= 0.6 is 27.3 Å². The summed E-state index contributed by atoms with van der Waals surface area (Å²) in [5.74, 6) is 0.436. The van der Waals surface area contributed by atoms with Gasteiger partial charge in [-0.2, -0.15) is 0 Å². The first-order chi connectivity index (χ1) is 16.0. The van der Waals surface area contributed by atoms with E-state index in [1.807, 2.05) is 48.5 Å². The fourth-order valence-corrected chi connectivity index (χ4v) is 4.02. The number of nitrogens with zero attached hydrogens (tertiary/aromatic N) is 3. The molecule has 33 heavy (non-hydrogen) atoms. The van der Waals surface area contributed by atoms with Gasteiger partial charge in [-0.1, -0.05) is 51.5 Å². The molecule has 1 heterocycles. The molecular weight excluding hydrogens is 508 g/mol. The number of hydrogen-bond donors (Lipinski definition) is 1. The second-order valence-electron chi connectivity index (χ2n) is 7.12. The number of nitrogens with one attached hydrogen (secondary N) is 1. The molecule has 10 heteroatoms. The molecule has 1 aromatic heterocycles. The summed E-state index contributed by atoms with van der Waals surface area (Å²) >= 11 is 4.70. The van der Waals surface area contributed by atoms with Crippen molar-refractivity contribution in [3.63, 3.8) is 0 Å². The number of anilines is 1. The van der Waals surface area contributed by atoms with Gasteiger partial charge in [0.2, 0.25) is 16.9 Å². The van der Waals surface area contributed by atoms with Crippen LogP contribution in [-0.2, 0) is 20.7 Å². The summed E-state index contributed by atoms with van der Waals surface area (Å²) in [5, 5.41) is 12.1. The number of ether oxygens (including phenoxy) is 2. The highest BCUT2D eigenvalue weighted by molar-refractivity contribution is 9.10. The highest BCUT2D eigenvalue weighted by Gasteiger charge is 2.17. The van der Waals surface area contributed by atoms with Crippen LogP contribution in [0.15, 0.2) is 53.0 Å². The summed E-state index contributed by atoms with van der Waals surface area (Å²) in [7, 11) is 3.18. The maximum Gasteiger partial charge on any atom is 0.227 e. The van der Waals surface area contributed by atoms with Gasteiger partial charge in [-0.25, -0.2) is 0 Å². The van der Waals surface area contributed by atoms with Gasteiger partial charge >= 0.3 is 0 Å². The molecule has 0 aliphatic heterocycles. The summed E-state index contributed by atoms with van der Waals surface area (Å²) in [5.41, 5.74) is 1.80. The van der Waals surface area contributed by atoms with E-state index in [0.29, 0.717) is 23.3 Å². The van der Waals surface area contributed by atoms with Crippen LogP contribution in [0.5, 0.6) is 5.75 Å². The molecule has 0 saturated heterocycles. The van der Waals surface area contributed by atoms with E-state index in [9.17, 15) is 9.59 Å². The monoisotopic (exact) mass is 532 g/mol. The third-order valence-corrected chi connectivity index (χ3v) is 6.22. The van der Waals surface area contributed by atoms with Crippen LogP contribution < -0.4 is 10.1 Å². The minimum absolute atomic E-state index is 0.0709. The first-order valence-electron chi connectivity index (χ1n) is 10.3. The van der Waals surface area contributed by atoms with Gasteiger partial charge in [0.05, 0.1) is 20.1 Å². The van der Waals surface area contributed by atoms with Crippen LogP contribution in [0, 0.1) is 0 Å². The molecule has 0 saturated carbocycles. The molecule has 8 nitrogen and oxygen atoms in total. The van der Waals surface area contributed by atoms with Crippen molar-refractivity contribution in [2.75, 3.05) is 39.2 Å². The quantitative estimate of drug-likeness (QED) is 0.400. The predicted molar refractivity (Wildman–Crippen MR) is 131 cm³/mol. The maximum atomic E-state index is 12.8. The lowest BCUT2D eigenvalue weighted by Crippen LogP contribution is -2.37. The Morgan fingerprint density at radius 2 is 1.76 bits per heavy atom. The number of amides is 2. The van der Waals surface area contributed by atoms with Gasteiger partial charge in [0.15, 0.2) is 0 Å². The fraction of sp³-hybridized carbons (Fsp3) is 0.304. The van der Waals surface area contributed by atoms with Crippen molar-refractivity contribution in [1.82, 2.24) is 15.1 Å². The molecule has 2 amide bonds. The van der Waals surface area contributed by atoms with E-state index in [1.54, 1.807) is 19.1 Å². The Morgan fingerprint density at radius 1 is 1.03 bits per heavy atom. The summed E-state index contributed by atoms with van der Waals surface area (Å²) in [6.07, 6.45) is 0.382. The second kappa shape index (κ2) is 12.4. The third kappa shape index (κ3) is 7.62. The molecule has 0 atom stereocenters. The SMILES string of the molecule is COCCN(CCC(=O)Nc1nnc(-c2ccc(Br)cc2)s1)C(=O)Cc1ccc(OC)cc1. The number of methoxy groups -OCH3 is 2. The maximum absolute atomic E-state index is 12.8. The van der Waals surface area contributed by atoms with Crippen molar-refractivity contribution in [2.24, 2.45) is 0 Å². The Labute approximate surface area is 205 Å². The lowest BCUT2D eigenvalue weighted by molar-refractivity contribution is -0.131. The average Bonchev–Trinajstić information content (AvgIpc) is 3.28. The Hall–Kier alpha value is -2.82. The first kappa shape index (κ1) is 24.8. The molecule has 2 aromatic carbocycles. The average molecular weight is 533 g/mol. The lowest BCUT2D eigenvalue weighted by Gasteiger charge is -2.22. The van der Waals surface area contributed by atoms with E-state index in [0.717, 1.165) is 21.3 Å². The molecular formula is C23H25BrN4O4S. The zero-order chi connectivity index (χ0) is 23.6. The van der Waals surface area contributed by atoms with Gasteiger partial charge in [0.25, 0.3) is 0 Å². The molecule has 0 fully saturated rings. The van der Waals surface area contributed by atoms with Gasteiger partial charge in [0.1, 0.15) is 10.8 Å². The van der Waals surface area contributed by atoms with Crippen LogP contribution in [0.2, 0.25) is 0 Å². The highest BCUT2D eigenvalue weighted by atomic mass is 79.9. The normalized spacial score (nSPS) is 10.6. The van der Waals surface area contributed by atoms with Crippen molar-refractivity contribution in [2.45, 2.75) is 12.8 Å². The third-order valence-electron chi connectivity index (χ3n) is 4.80. The van der Waals surface area contributed by atoms with E-state index < -0.39 is 0 Å². The lowest BCUT2D eigenvalue weighted by atomic mass is 10.1. The molecule has 0 spiro atoms. The van der Waals surface area contributed by atoms with E-state index in [-0.39, 0.29) is 31.2 Å². The number of aromatic nitrogens is 2. The van der Waals surface area contributed by atoms with Crippen LogP contribution in [-0.4, -0.2) is 60.8 Å². The molecule has 1 N–H and O–H groups in total. The molecule has 0 aliphatic rings. The molecule has 0 aliphatic carbocycles. The number of carbonyl (C=O) groups excluding carboxylic acids is 2. The fourth-order valence-electron chi connectivity index (χ4n) is 2.99. The Bertz CT molecular complexity index is 1060. The van der Waals surface area contributed by atoms with Crippen molar-refractivity contribution in [3.05, 3.63) is 58.6 Å². The van der Waals surface area contributed by atoms with Gasteiger partial charge in [0, 0.05) is 36.7 Å². The minimum Gasteiger partial charge on any atom is -0.497 e. The zero-order valence-electron chi connectivity index (χ0n) is 18.4. The van der Waals surface area contributed by atoms with E-state index in [1.165, 1.54) is 11.3 Å². The zero-order valence-corrected chi connectivity index (χ0v) is 20.8. The number of hydrogen-bond acceptors (Lipinski definition) is 7. The van der Waals surface area contributed by atoms with Gasteiger partial charge in [-0.05, 0) is 29.8 Å². The second-order valence-corrected chi connectivity index (χ2v) is 9.01. The Balaban J connectivity index is 1.54.